The number of anilines is 1. The molecule has 0 aliphatic rings. The third-order valence-electron chi connectivity index (χ3n) is 5.65. The van der Waals surface area contributed by atoms with E-state index in [1.165, 1.54) is 21.0 Å². The predicted octanol–water partition coefficient (Wildman–Crippen LogP) is 5.28. The molecule has 4 aromatic rings. The van der Waals surface area contributed by atoms with Gasteiger partial charge in [0, 0.05) is 30.7 Å². The normalized spacial score (nSPS) is 11.5. The molecule has 0 saturated carbocycles. The van der Waals surface area contributed by atoms with Gasteiger partial charge in [0.15, 0.2) is 0 Å². The van der Waals surface area contributed by atoms with E-state index in [0.29, 0.717) is 33.6 Å². The molecule has 0 radical (unpaired) electrons. The van der Waals surface area contributed by atoms with Crippen LogP contribution in [0.5, 0.6) is 0 Å². The summed E-state index contributed by atoms with van der Waals surface area (Å²) in [5, 5.41) is 3.23. The molecule has 1 aromatic heterocycles. The number of rotatable bonds is 10. The number of alkyl halides is 1. The van der Waals surface area contributed by atoms with Gasteiger partial charge in [-0.05, 0) is 41.5 Å². The Kier molecular flexibility index (Phi) is 8.55. The van der Waals surface area contributed by atoms with Crippen LogP contribution >= 0.6 is 22.6 Å². The Bertz CT molecular complexity index is 1460. The highest BCUT2D eigenvalue weighted by atomic mass is 127. The second kappa shape index (κ2) is 11.8. The number of benzene rings is 3. The lowest BCUT2D eigenvalue weighted by atomic mass is 10.0. The summed E-state index contributed by atoms with van der Waals surface area (Å²) in [5.74, 6) is -0.473. The molecule has 1 heterocycles. The summed E-state index contributed by atoms with van der Waals surface area (Å²) in [4.78, 5) is 13.5. The highest BCUT2D eigenvalue weighted by Crippen LogP contribution is 2.25. The smallest absolute Gasteiger partial charge is 0.265 e. The molecular weight excluding hydrogens is 592 g/mol. The average Bonchev–Trinajstić information content (AvgIpc) is 2.88. The standard InChI is InChI=1S/C27H25FIN3O3S/c28-23-13-11-22(12-14-23)26-25(15-17-32(27(26)33)24-9-5-2-6-10-24)30-16-18-31(20-29)36(34,35)19-21-7-3-1-4-8-21/h1-15,17,30H,16,18-20H2. The quantitative estimate of drug-likeness (QED) is 0.149. The molecule has 9 heteroatoms. The molecule has 186 valence electrons. The second-order valence-electron chi connectivity index (χ2n) is 8.09. The van der Waals surface area contributed by atoms with Crippen LogP contribution in [0.15, 0.2) is 102 Å². The van der Waals surface area contributed by atoms with Gasteiger partial charge < -0.3 is 5.32 Å². The van der Waals surface area contributed by atoms with Crippen molar-refractivity contribution in [3.8, 4) is 16.8 Å². The summed E-state index contributed by atoms with van der Waals surface area (Å²) in [7, 11) is -3.52. The molecule has 0 aliphatic heterocycles. The van der Waals surface area contributed by atoms with Crippen molar-refractivity contribution >= 4 is 38.3 Å². The van der Waals surface area contributed by atoms with E-state index in [0.717, 1.165) is 5.56 Å². The van der Waals surface area contributed by atoms with Crippen LogP contribution in [0.2, 0.25) is 0 Å². The van der Waals surface area contributed by atoms with Crippen LogP contribution in [0, 0.1) is 5.82 Å². The van der Waals surface area contributed by atoms with E-state index >= 15 is 0 Å². The third-order valence-corrected chi connectivity index (χ3v) is 8.74. The molecule has 0 aliphatic carbocycles. The lowest BCUT2D eigenvalue weighted by Crippen LogP contribution is -2.35. The van der Waals surface area contributed by atoms with Gasteiger partial charge in [-0.15, -0.1) is 0 Å². The van der Waals surface area contributed by atoms with Crippen LogP contribution in [-0.2, 0) is 15.8 Å². The van der Waals surface area contributed by atoms with E-state index in [4.69, 9.17) is 0 Å². The van der Waals surface area contributed by atoms with E-state index in [9.17, 15) is 17.6 Å². The first-order valence-electron chi connectivity index (χ1n) is 11.3. The number of halogens is 2. The molecule has 36 heavy (non-hydrogen) atoms. The molecule has 4 rings (SSSR count). The number of sulfonamides is 1. The summed E-state index contributed by atoms with van der Waals surface area (Å²) in [6, 6.07) is 25.8. The van der Waals surface area contributed by atoms with E-state index in [2.05, 4.69) is 5.32 Å². The average molecular weight is 617 g/mol. The third kappa shape index (κ3) is 6.21. The van der Waals surface area contributed by atoms with E-state index < -0.39 is 15.8 Å². The Morgan fingerprint density at radius 2 is 1.53 bits per heavy atom. The van der Waals surface area contributed by atoms with Gasteiger partial charge in [-0.3, -0.25) is 9.36 Å². The fourth-order valence-corrected chi connectivity index (χ4v) is 6.76. The highest BCUT2D eigenvalue weighted by Gasteiger charge is 2.21. The number of para-hydroxylation sites is 1. The van der Waals surface area contributed by atoms with Gasteiger partial charge in [-0.25, -0.2) is 12.8 Å². The van der Waals surface area contributed by atoms with Crippen molar-refractivity contribution in [2.75, 3.05) is 23.0 Å². The van der Waals surface area contributed by atoms with Crippen LogP contribution in [0.4, 0.5) is 10.1 Å². The molecule has 0 spiro atoms. The predicted molar refractivity (Wildman–Crippen MR) is 151 cm³/mol. The minimum atomic E-state index is -3.52. The molecule has 0 fully saturated rings. The first kappa shape index (κ1) is 26.1. The van der Waals surface area contributed by atoms with Gasteiger partial charge in [-0.1, -0.05) is 83.3 Å². The summed E-state index contributed by atoms with van der Waals surface area (Å²) in [5.41, 5.74) is 2.67. The second-order valence-corrected chi connectivity index (χ2v) is 10.7. The Labute approximate surface area is 223 Å². The Morgan fingerprint density at radius 1 is 0.889 bits per heavy atom. The number of nitrogens with one attached hydrogen (secondary N) is 1. The summed E-state index contributed by atoms with van der Waals surface area (Å²) < 4.78 is 42.7. The van der Waals surface area contributed by atoms with E-state index in [1.807, 2.05) is 71.1 Å². The van der Waals surface area contributed by atoms with Gasteiger partial charge in [-0.2, -0.15) is 4.31 Å². The van der Waals surface area contributed by atoms with Gasteiger partial charge in [0.05, 0.1) is 15.9 Å². The SMILES string of the molecule is O=c1c(-c2ccc(F)cc2)c(NCCN(CI)S(=O)(=O)Cc2ccccc2)ccn1-c1ccccc1. The van der Waals surface area contributed by atoms with E-state index in [-0.39, 0.29) is 17.9 Å². The Morgan fingerprint density at radius 3 is 2.17 bits per heavy atom. The van der Waals surface area contributed by atoms with Gasteiger partial charge >= 0.3 is 0 Å². The maximum atomic E-state index is 13.6. The zero-order chi connectivity index (χ0) is 25.5. The van der Waals surface area contributed by atoms with Crippen LogP contribution in [0.3, 0.4) is 0 Å². The monoisotopic (exact) mass is 617 g/mol. The molecule has 3 aromatic carbocycles. The van der Waals surface area contributed by atoms with Crippen molar-refractivity contribution in [2.24, 2.45) is 0 Å². The number of hydrogen-bond acceptors (Lipinski definition) is 4. The Balaban J connectivity index is 1.59. The molecule has 6 nitrogen and oxygen atoms in total. The maximum absolute atomic E-state index is 13.6. The van der Waals surface area contributed by atoms with Crippen LogP contribution in [-0.4, -0.2) is 34.9 Å². The van der Waals surface area contributed by atoms with Crippen molar-refractivity contribution in [1.29, 1.82) is 0 Å². The topological polar surface area (TPSA) is 71.4 Å². The zero-order valence-corrected chi connectivity index (χ0v) is 22.3. The summed E-state index contributed by atoms with van der Waals surface area (Å²) in [6.45, 7) is 0.517. The fraction of sp³-hybridized carbons (Fsp3) is 0.148. The first-order valence-corrected chi connectivity index (χ1v) is 14.4. The van der Waals surface area contributed by atoms with Crippen LogP contribution in [0.25, 0.3) is 16.8 Å². The summed E-state index contributed by atoms with van der Waals surface area (Å²) >= 11 is 2.04. The minimum Gasteiger partial charge on any atom is -0.383 e. The van der Waals surface area contributed by atoms with Crippen molar-refractivity contribution in [3.05, 3.63) is 119 Å². The first-order chi connectivity index (χ1) is 17.4. The lowest BCUT2D eigenvalue weighted by molar-refractivity contribution is 0.475. The van der Waals surface area contributed by atoms with Crippen LogP contribution in [0.1, 0.15) is 5.56 Å². The van der Waals surface area contributed by atoms with Crippen molar-refractivity contribution in [1.82, 2.24) is 8.87 Å². The van der Waals surface area contributed by atoms with Crippen molar-refractivity contribution < 1.29 is 12.8 Å². The molecule has 0 unspecified atom stereocenters. The molecular formula is C27H25FIN3O3S. The molecule has 0 atom stereocenters. The number of hydrogen-bond donors (Lipinski definition) is 1. The van der Waals surface area contributed by atoms with E-state index in [1.54, 1.807) is 36.5 Å². The molecule has 0 saturated heterocycles. The highest BCUT2D eigenvalue weighted by molar-refractivity contribution is 14.1. The maximum Gasteiger partial charge on any atom is 0.265 e. The fourth-order valence-electron chi connectivity index (χ4n) is 3.84. The molecule has 0 amide bonds. The molecule has 1 N–H and O–H groups in total. The van der Waals surface area contributed by atoms with Gasteiger partial charge in [0.2, 0.25) is 10.0 Å². The van der Waals surface area contributed by atoms with Gasteiger partial charge in [0.25, 0.3) is 5.56 Å². The largest absolute Gasteiger partial charge is 0.383 e. The number of pyridine rings is 1. The lowest BCUT2D eigenvalue weighted by Gasteiger charge is -2.21. The van der Waals surface area contributed by atoms with Crippen LogP contribution < -0.4 is 10.9 Å². The Hall–Kier alpha value is -3.02. The van der Waals surface area contributed by atoms with Crippen molar-refractivity contribution in [2.45, 2.75) is 5.75 Å². The summed E-state index contributed by atoms with van der Waals surface area (Å²) in [6.07, 6.45) is 1.68. The number of aromatic nitrogens is 1. The number of nitrogens with zero attached hydrogens (tertiary/aromatic N) is 2. The van der Waals surface area contributed by atoms with Gasteiger partial charge in [0.1, 0.15) is 5.82 Å². The zero-order valence-electron chi connectivity index (χ0n) is 19.3. The van der Waals surface area contributed by atoms with Crippen molar-refractivity contribution in [3.63, 3.8) is 0 Å². The molecule has 0 bridgehead atoms. The minimum absolute atomic E-state index is 0.0786.